The van der Waals surface area contributed by atoms with Crippen molar-refractivity contribution in [3.05, 3.63) is 11.5 Å². The van der Waals surface area contributed by atoms with Gasteiger partial charge >= 0.3 is 0 Å². The second kappa shape index (κ2) is 5.40. The highest BCUT2D eigenvalue weighted by Gasteiger charge is 2.26. The molecule has 2 aromatic rings. The fourth-order valence-corrected chi connectivity index (χ4v) is 3.66. The van der Waals surface area contributed by atoms with E-state index in [0.717, 1.165) is 29.4 Å². The minimum atomic E-state index is 0.559. The van der Waals surface area contributed by atoms with Gasteiger partial charge in [-0.1, -0.05) is 6.92 Å². The molecule has 110 valence electrons. The average molecular weight is 295 g/mol. The summed E-state index contributed by atoms with van der Waals surface area (Å²) in [6.07, 6.45) is 5.93. The normalized spacial score (nSPS) is 23.6. The third-order valence-electron chi connectivity index (χ3n) is 4.58. The third kappa shape index (κ3) is 2.24. The highest BCUT2D eigenvalue weighted by Crippen LogP contribution is 2.35. The number of hydrogen-bond acceptors (Lipinski definition) is 2. The molecule has 1 aliphatic carbocycles. The summed E-state index contributed by atoms with van der Waals surface area (Å²) in [5.41, 5.74) is 3.23. The molecule has 0 aliphatic heterocycles. The van der Waals surface area contributed by atoms with Crippen molar-refractivity contribution in [3.8, 4) is 0 Å². The number of aryl methyl sites for hydroxylation is 3. The predicted molar refractivity (Wildman–Crippen MR) is 82.3 cm³/mol. The average Bonchev–Trinajstić information content (AvgIpc) is 2.91. The molecule has 2 aromatic heterocycles. The fraction of sp³-hybridized carbons (Fsp3) is 0.733. The van der Waals surface area contributed by atoms with Crippen molar-refractivity contribution >= 4 is 22.8 Å². The minimum Gasteiger partial charge on any atom is -0.310 e. The first-order valence-electron chi connectivity index (χ1n) is 7.58. The Bertz CT molecular complexity index is 605. The van der Waals surface area contributed by atoms with Crippen molar-refractivity contribution in [1.82, 2.24) is 19.3 Å². The Kier molecular flexibility index (Phi) is 3.76. The summed E-state index contributed by atoms with van der Waals surface area (Å²) >= 11 is 5.97. The molecular weight excluding hydrogens is 272 g/mol. The summed E-state index contributed by atoms with van der Waals surface area (Å²) in [6.45, 7) is 4.39. The van der Waals surface area contributed by atoms with E-state index in [1.165, 1.54) is 31.3 Å². The second-order valence-corrected chi connectivity index (χ2v) is 6.51. The lowest BCUT2D eigenvalue weighted by Gasteiger charge is -2.28. The zero-order chi connectivity index (χ0) is 14.3. The third-order valence-corrected chi connectivity index (χ3v) is 4.77. The number of fused-ring (bicyclic) bond motifs is 1. The molecule has 0 aromatic carbocycles. The van der Waals surface area contributed by atoms with E-state index in [9.17, 15) is 0 Å². The van der Waals surface area contributed by atoms with E-state index in [0.29, 0.717) is 11.9 Å². The Morgan fingerprint density at radius 3 is 2.60 bits per heavy atom. The van der Waals surface area contributed by atoms with Gasteiger partial charge in [-0.05, 0) is 38.5 Å². The van der Waals surface area contributed by atoms with E-state index in [4.69, 9.17) is 16.6 Å². The van der Waals surface area contributed by atoms with Crippen LogP contribution in [-0.2, 0) is 13.5 Å². The maximum atomic E-state index is 5.97. The molecule has 0 radical (unpaired) electrons. The molecule has 1 fully saturated rings. The van der Waals surface area contributed by atoms with E-state index in [1.807, 2.05) is 18.7 Å². The molecular formula is C15H23ClN4. The molecule has 0 spiro atoms. The second-order valence-electron chi connectivity index (χ2n) is 6.13. The number of alkyl halides is 1. The number of rotatable bonds is 3. The maximum absolute atomic E-state index is 5.97. The van der Waals surface area contributed by atoms with Crippen molar-refractivity contribution in [2.75, 3.05) is 5.88 Å². The van der Waals surface area contributed by atoms with Crippen LogP contribution in [0, 0.1) is 12.8 Å². The van der Waals surface area contributed by atoms with Gasteiger partial charge in [0.15, 0.2) is 5.65 Å². The summed E-state index contributed by atoms with van der Waals surface area (Å²) in [7, 11) is 2.02. The van der Waals surface area contributed by atoms with E-state index in [-0.39, 0.29) is 0 Å². The molecule has 0 saturated heterocycles. The first-order chi connectivity index (χ1) is 9.61. The minimum absolute atomic E-state index is 0.559. The Morgan fingerprint density at radius 2 is 1.95 bits per heavy atom. The van der Waals surface area contributed by atoms with Crippen molar-refractivity contribution < 1.29 is 0 Å². The number of hydrogen-bond donors (Lipinski definition) is 0. The smallest absolute Gasteiger partial charge is 0.158 e. The van der Waals surface area contributed by atoms with Crippen LogP contribution in [0.5, 0.6) is 0 Å². The van der Waals surface area contributed by atoms with Crippen LogP contribution in [0.2, 0.25) is 0 Å². The highest BCUT2D eigenvalue weighted by molar-refractivity contribution is 6.17. The molecule has 0 bridgehead atoms. The number of imidazole rings is 1. The first kappa shape index (κ1) is 13.9. The van der Waals surface area contributed by atoms with Gasteiger partial charge in [0.2, 0.25) is 0 Å². The van der Waals surface area contributed by atoms with Crippen LogP contribution in [0.4, 0.5) is 0 Å². The van der Waals surface area contributed by atoms with Crippen molar-refractivity contribution in [1.29, 1.82) is 0 Å². The zero-order valence-corrected chi connectivity index (χ0v) is 13.3. The summed E-state index contributed by atoms with van der Waals surface area (Å²) < 4.78 is 4.40. The maximum Gasteiger partial charge on any atom is 0.158 e. The monoisotopic (exact) mass is 294 g/mol. The lowest BCUT2D eigenvalue weighted by molar-refractivity contribution is 0.288. The van der Waals surface area contributed by atoms with Crippen molar-refractivity contribution in [2.24, 2.45) is 13.0 Å². The van der Waals surface area contributed by atoms with Gasteiger partial charge in [0.25, 0.3) is 0 Å². The molecule has 0 atom stereocenters. The predicted octanol–water partition coefficient (Wildman–Crippen LogP) is 3.61. The molecule has 5 heteroatoms. The lowest BCUT2D eigenvalue weighted by atomic mass is 9.87. The van der Waals surface area contributed by atoms with Gasteiger partial charge < -0.3 is 4.57 Å². The summed E-state index contributed by atoms with van der Waals surface area (Å²) in [4.78, 5) is 4.81. The van der Waals surface area contributed by atoms with Gasteiger partial charge in [0.05, 0.1) is 5.69 Å². The molecule has 1 saturated carbocycles. The quantitative estimate of drug-likeness (QED) is 0.811. The molecule has 20 heavy (non-hydrogen) atoms. The van der Waals surface area contributed by atoms with Gasteiger partial charge in [0, 0.05) is 25.4 Å². The molecule has 4 nitrogen and oxygen atoms in total. The van der Waals surface area contributed by atoms with Crippen molar-refractivity contribution in [2.45, 2.75) is 52.0 Å². The molecule has 1 aliphatic rings. The van der Waals surface area contributed by atoms with Gasteiger partial charge in [-0.15, -0.1) is 11.6 Å². The molecule has 0 amide bonds. The van der Waals surface area contributed by atoms with Crippen molar-refractivity contribution in [3.63, 3.8) is 0 Å². The first-order valence-corrected chi connectivity index (χ1v) is 8.11. The van der Waals surface area contributed by atoms with Gasteiger partial charge in [-0.3, -0.25) is 4.68 Å². The molecule has 0 N–H and O–H groups in total. The SMILES string of the molecule is Cc1nn(C)c2c1nc(CCCl)n2C1CCC(C)CC1. The van der Waals surface area contributed by atoms with Crippen LogP contribution < -0.4 is 0 Å². The van der Waals surface area contributed by atoms with Crippen LogP contribution in [0.15, 0.2) is 0 Å². The zero-order valence-electron chi connectivity index (χ0n) is 12.6. The van der Waals surface area contributed by atoms with Crippen LogP contribution in [0.1, 0.15) is 50.2 Å². The topological polar surface area (TPSA) is 35.6 Å². The Labute approximate surface area is 125 Å². The lowest BCUT2D eigenvalue weighted by Crippen LogP contribution is -2.20. The Balaban J connectivity index is 2.08. The summed E-state index contributed by atoms with van der Waals surface area (Å²) in [5, 5.41) is 4.52. The summed E-state index contributed by atoms with van der Waals surface area (Å²) in [5.74, 6) is 2.61. The van der Waals surface area contributed by atoms with Crippen LogP contribution in [-0.4, -0.2) is 25.2 Å². The van der Waals surface area contributed by atoms with E-state index in [2.05, 4.69) is 16.6 Å². The van der Waals surface area contributed by atoms with Gasteiger partial charge in [-0.2, -0.15) is 5.10 Å². The highest BCUT2D eigenvalue weighted by atomic mass is 35.5. The Morgan fingerprint density at radius 1 is 1.25 bits per heavy atom. The van der Waals surface area contributed by atoms with Gasteiger partial charge in [-0.25, -0.2) is 4.98 Å². The van der Waals surface area contributed by atoms with Crippen LogP contribution in [0.3, 0.4) is 0 Å². The molecule has 3 rings (SSSR count). The van der Waals surface area contributed by atoms with Crippen LogP contribution in [0.25, 0.3) is 11.2 Å². The van der Waals surface area contributed by atoms with E-state index >= 15 is 0 Å². The fourth-order valence-electron chi connectivity index (χ4n) is 3.49. The standard InChI is InChI=1S/C15H23ClN4/c1-10-4-6-12(7-5-10)20-13(8-9-16)17-14-11(2)18-19(3)15(14)20/h10,12H,4-9H2,1-3H3. The van der Waals surface area contributed by atoms with Gasteiger partial charge in [0.1, 0.15) is 11.3 Å². The number of nitrogens with zero attached hydrogens (tertiary/aromatic N) is 4. The van der Waals surface area contributed by atoms with E-state index in [1.54, 1.807) is 0 Å². The molecule has 2 heterocycles. The largest absolute Gasteiger partial charge is 0.310 e. The Hall–Kier alpha value is -1.03. The van der Waals surface area contributed by atoms with E-state index < -0.39 is 0 Å². The van der Waals surface area contributed by atoms with Crippen LogP contribution >= 0.6 is 11.6 Å². The molecule has 0 unspecified atom stereocenters. The summed E-state index contributed by atoms with van der Waals surface area (Å²) in [6, 6.07) is 0.559. The number of aromatic nitrogens is 4. The number of halogens is 1.